The molecule has 0 unspecified atom stereocenters. The number of carbonyl (C=O) groups is 2. The Hall–Kier alpha value is -3.07. The summed E-state index contributed by atoms with van der Waals surface area (Å²) in [5, 5.41) is 17.5. The molecule has 1 fully saturated rings. The van der Waals surface area contributed by atoms with Gasteiger partial charge in [0.05, 0.1) is 13.1 Å². The third-order valence-electron chi connectivity index (χ3n) is 5.37. The first-order chi connectivity index (χ1) is 15.1. The predicted molar refractivity (Wildman–Crippen MR) is 118 cm³/mol. The second-order valence-corrected chi connectivity index (χ2v) is 8.92. The van der Waals surface area contributed by atoms with Crippen LogP contribution in [0.3, 0.4) is 0 Å². The fourth-order valence-corrected chi connectivity index (χ4v) is 4.41. The number of aromatic nitrogens is 4. The Kier molecular flexibility index (Phi) is 6.71. The molecule has 1 aromatic carbocycles. The SMILES string of the molecule is Cc1ccc(-c2nnn(CC(=O)N(CC(=O)NC3CCCC3)Cc3cccs3)n2)cc1. The lowest BCUT2D eigenvalue weighted by molar-refractivity contribution is -0.137. The number of nitrogens with zero attached hydrogens (tertiary/aromatic N) is 5. The molecule has 0 aliphatic heterocycles. The smallest absolute Gasteiger partial charge is 0.247 e. The van der Waals surface area contributed by atoms with Crippen LogP contribution in [0, 0.1) is 6.92 Å². The van der Waals surface area contributed by atoms with E-state index in [1.165, 1.54) is 4.80 Å². The first kappa shape index (κ1) is 21.2. The van der Waals surface area contributed by atoms with Crippen molar-refractivity contribution in [2.24, 2.45) is 0 Å². The molecule has 1 saturated carbocycles. The largest absolute Gasteiger partial charge is 0.352 e. The summed E-state index contributed by atoms with van der Waals surface area (Å²) < 4.78 is 0. The van der Waals surface area contributed by atoms with Gasteiger partial charge in [0.2, 0.25) is 17.6 Å². The molecule has 0 atom stereocenters. The number of nitrogens with one attached hydrogen (secondary N) is 1. The van der Waals surface area contributed by atoms with Crippen molar-refractivity contribution >= 4 is 23.2 Å². The fourth-order valence-electron chi connectivity index (χ4n) is 3.69. The fraction of sp³-hybridized carbons (Fsp3) is 0.409. The molecule has 9 heteroatoms. The maximum absolute atomic E-state index is 13.0. The average molecular weight is 439 g/mol. The highest BCUT2D eigenvalue weighted by atomic mass is 32.1. The van der Waals surface area contributed by atoms with Crippen LogP contribution in [0.15, 0.2) is 41.8 Å². The van der Waals surface area contributed by atoms with Crippen LogP contribution in [0.4, 0.5) is 0 Å². The van der Waals surface area contributed by atoms with Crippen LogP contribution in [-0.4, -0.2) is 49.5 Å². The highest BCUT2D eigenvalue weighted by Crippen LogP contribution is 2.18. The lowest BCUT2D eigenvalue weighted by atomic mass is 10.1. The van der Waals surface area contributed by atoms with Gasteiger partial charge in [0.1, 0.15) is 6.54 Å². The number of hydrogen-bond donors (Lipinski definition) is 1. The van der Waals surface area contributed by atoms with Crippen LogP contribution >= 0.6 is 11.3 Å². The minimum Gasteiger partial charge on any atom is -0.352 e. The summed E-state index contributed by atoms with van der Waals surface area (Å²) >= 11 is 1.56. The Morgan fingerprint density at radius 1 is 1.19 bits per heavy atom. The zero-order valence-corrected chi connectivity index (χ0v) is 18.3. The van der Waals surface area contributed by atoms with Gasteiger partial charge < -0.3 is 10.2 Å². The third kappa shape index (κ3) is 5.75. The number of hydrogen-bond acceptors (Lipinski definition) is 6. The van der Waals surface area contributed by atoms with Crippen LogP contribution in [0.5, 0.6) is 0 Å². The van der Waals surface area contributed by atoms with Crippen molar-refractivity contribution in [1.29, 1.82) is 0 Å². The highest BCUT2D eigenvalue weighted by molar-refractivity contribution is 7.09. The van der Waals surface area contributed by atoms with E-state index < -0.39 is 0 Å². The van der Waals surface area contributed by atoms with E-state index in [1.54, 1.807) is 16.2 Å². The van der Waals surface area contributed by atoms with Gasteiger partial charge in [0, 0.05) is 16.5 Å². The summed E-state index contributed by atoms with van der Waals surface area (Å²) in [7, 11) is 0. The summed E-state index contributed by atoms with van der Waals surface area (Å²) in [6.45, 7) is 2.35. The topological polar surface area (TPSA) is 93.0 Å². The van der Waals surface area contributed by atoms with Gasteiger partial charge in [-0.3, -0.25) is 9.59 Å². The number of carbonyl (C=O) groups excluding carboxylic acids is 2. The maximum atomic E-state index is 13.0. The van der Waals surface area contributed by atoms with Crippen molar-refractivity contribution < 1.29 is 9.59 Å². The predicted octanol–water partition coefficient (Wildman–Crippen LogP) is 2.80. The molecule has 2 aromatic heterocycles. The molecule has 4 rings (SSSR count). The van der Waals surface area contributed by atoms with E-state index in [0.717, 1.165) is 41.7 Å². The van der Waals surface area contributed by atoms with Crippen LogP contribution in [-0.2, 0) is 22.7 Å². The van der Waals surface area contributed by atoms with Gasteiger partial charge in [-0.2, -0.15) is 4.80 Å². The summed E-state index contributed by atoms with van der Waals surface area (Å²) in [6.07, 6.45) is 4.30. The van der Waals surface area contributed by atoms with Crippen molar-refractivity contribution in [1.82, 2.24) is 30.4 Å². The van der Waals surface area contributed by atoms with Crippen molar-refractivity contribution in [2.45, 2.75) is 51.7 Å². The van der Waals surface area contributed by atoms with Crippen molar-refractivity contribution in [2.75, 3.05) is 6.54 Å². The minimum absolute atomic E-state index is 0.0206. The monoisotopic (exact) mass is 438 g/mol. The van der Waals surface area contributed by atoms with E-state index in [2.05, 4.69) is 20.7 Å². The number of benzene rings is 1. The molecule has 1 aliphatic carbocycles. The number of amides is 2. The van der Waals surface area contributed by atoms with Crippen LogP contribution < -0.4 is 5.32 Å². The Balaban J connectivity index is 1.42. The van der Waals surface area contributed by atoms with E-state index in [1.807, 2.05) is 48.7 Å². The Labute approximate surface area is 185 Å². The van der Waals surface area contributed by atoms with Crippen molar-refractivity contribution in [3.63, 3.8) is 0 Å². The summed E-state index contributed by atoms with van der Waals surface area (Å²) in [5.74, 6) is 0.128. The lowest BCUT2D eigenvalue weighted by Gasteiger charge is -2.22. The van der Waals surface area contributed by atoms with Crippen LogP contribution in [0.1, 0.15) is 36.1 Å². The molecule has 1 N–H and O–H groups in total. The lowest BCUT2D eigenvalue weighted by Crippen LogP contribution is -2.44. The molecular formula is C22H26N6O2S. The second-order valence-electron chi connectivity index (χ2n) is 7.89. The van der Waals surface area contributed by atoms with E-state index in [-0.39, 0.29) is 30.9 Å². The maximum Gasteiger partial charge on any atom is 0.247 e. The molecule has 162 valence electrons. The molecule has 0 bridgehead atoms. The molecule has 0 spiro atoms. The van der Waals surface area contributed by atoms with Gasteiger partial charge in [-0.1, -0.05) is 48.7 Å². The number of rotatable bonds is 8. The Bertz CT molecular complexity index is 1010. The van der Waals surface area contributed by atoms with Gasteiger partial charge in [-0.25, -0.2) is 0 Å². The van der Waals surface area contributed by atoms with E-state index in [9.17, 15) is 9.59 Å². The number of thiophene rings is 1. The standard InChI is InChI=1S/C22H26N6O2S/c1-16-8-10-17(11-9-16)22-24-26-28(25-22)15-21(30)27(13-19-7-4-12-31-19)14-20(29)23-18-5-2-3-6-18/h4,7-12,18H,2-3,5-6,13-15H2,1H3,(H,23,29). The molecule has 2 amide bonds. The molecule has 8 nitrogen and oxygen atoms in total. The average Bonchev–Trinajstić information content (AvgIpc) is 3.51. The van der Waals surface area contributed by atoms with Gasteiger partial charge in [0.15, 0.2) is 0 Å². The van der Waals surface area contributed by atoms with Gasteiger partial charge in [-0.05, 0) is 36.4 Å². The van der Waals surface area contributed by atoms with Gasteiger partial charge in [-0.15, -0.1) is 21.5 Å². The highest BCUT2D eigenvalue weighted by Gasteiger charge is 2.23. The van der Waals surface area contributed by atoms with E-state index >= 15 is 0 Å². The molecule has 0 radical (unpaired) electrons. The molecule has 1 aliphatic rings. The van der Waals surface area contributed by atoms with Gasteiger partial charge >= 0.3 is 0 Å². The first-order valence-electron chi connectivity index (χ1n) is 10.5. The first-order valence-corrected chi connectivity index (χ1v) is 11.4. The zero-order chi connectivity index (χ0) is 21.6. The molecule has 0 saturated heterocycles. The Morgan fingerprint density at radius 2 is 1.97 bits per heavy atom. The summed E-state index contributed by atoms with van der Waals surface area (Å²) in [4.78, 5) is 29.5. The van der Waals surface area contributed by atoms with Gasteiger partial charge in [0.25, 0.3) is 0 Å². The number of aryl methyl sites for hydroxylation is 1. The van der Waals surface area contributed by atoms with E-state index in [4.69, 9.17) is 0 Å². The van der Waals surface area contributed by atoms with E-state index in [0.29, 0.717) is 12.4 Å². The summed E-state index contributed by atoms with van der Waals surface area (Å²) in [6, 6.07) is 11.9. The zero-order valence-electron chi connectivity index (χ0n) is 17.5. The minimum atomic E-state index is -0.220. The normalized spacial score (nSPS) is 14.0. The third-order valence-corrected chi connectivity index (χ3v) is 6.23. The molecule has 2 heterocycles. The Morgan fingerprint density at radius 3 is 2.68 bits per heavy atom. The summed E-state index contributed by atoms with van der Waals surface area (Å²) in [5.41, 5.74) is 1.99. The number of tetrazole rings is 1. The van der Waals surface area contributed by atoms with Crippen LogP contribution in [0.25, 0.3) is 11.4 Å². The molecule has 31 heavy (non-hydrogen) atoms. The quantitative estimate of drug-likeness (QED) is 0.584. The van der Waals surface area contributed by atoms with Crippen molar-refractivity contribution in [3.8, 4) is 11.4 Å². The second kappa shape index (κ2) is 9.82. The molecular weight excluding hydrogens is 412 g/mol. The van der Waals surface area contributed by atoms with Crippen LogP contribution in [0.2, 0.25) is 0 Å². The molecule has 3 aromatic rings. The van der Waals surface area contributed by atoms with Crippen molar-refractivity contribution in [3.05, 3.63) is 52.2 Å².